The van der Waals surface area contributed by atoms with Crippen molar-refractivity contribution in [1.29, 1.82) is 5.26 Å². The summed E-state index contributed by atoms with van der Waals surface area (Å²) < 4.78 is 18.6. The van der Waals surface area contributed by atoms with Gasteiger partial charge in [-0.1, -0.05) is 19.1 Å². The first kappa shape index (κ1) is 13.8. The Hall–Kier alpha value is -2.67. The van der Waals surface area contributed by atoms with Gasteiger partial charge in [-0.25, -0.2) is 9.18 Å². The molecule has 4 heteroatoms. The second-order valence-corrected chi connectivity index (χ2v) is 4.19. The predicted octanol–water partition coefficient (Wildman–Crippen LogP) is 3.48. The molecule has 0 bridgehead atoms. The van der Waals surface area contributed by atoms with Crippen molar-refractivity contribution >= 4 is 5.97 Å². The number of nitrogens with zero attached hydrogens (tertiary/aromatic N) is 1. The van der Waals surface area contributed by atoms with E-state index < -0.39 is 11.8 Å². The molecule has 0 spiro atoms. The molecule has 0 fully saturated rings. The SMILES string of the molecule is CCc1ccc(OC(=O)c2ccc(C#N)c(F)c2)cc1. The van der Waals surface area contributed by atoms with Crippen LogP contribution in [0.3, 0.4) is 0 Å². The minimum atomic E-state index is -0.733. The van der Waals surface area contributed by atoms with Gasteiger partial charge in [-0.3, -0.25) is 0 Å². The van der Waals surface area contributed by atoms with E-state index in [0.29, 0.717) is 5.75 Å². The second-order valence-electron chi connectivity index (χ2n) is 4.19. The van der Waals surface area contributed by atoms with E-state index in [1.807, 2.05) is 19.1 Å². The lowest BCUT2D eigenvalue weighted by Gasteiger charge is -2.05. The summed E-state index contributed by atoms with van der Waals surface area (Å²) in [6.07, 6.45) is 0.898. The molecule has 2 aromatic rings. The van der Waals surface area contributed by atoms with Crippen LogP contribution in [0.1, 0.15) is 28.4 Å². The molecule has 0 saturated carbocycles. The van der Waals surface area contributed by atoms with E-state index in [1.54, 1.807) is 18.2 Å². The highest BCUT2D eigenvalue weighted by Gasteiger charge is 2.11. The quantitative estimate of drug-likeness (QED) is 0.633. The van der Waals surface area contributed by atoms with Gasteiger partial charge in [0.25, 0.3) is 0 Å². The number of benzene rings is 2. The van der Waals surface area contributed by atoms with E-state index in [9.17, 15) is 9.18 Å². The minimum Gasteiger partial charge on any atom is -0.423 e. The van der Waals surface area contributed by atoms with Crippen molar-refractivity contribution in [3.8, 4) is 11.8 Å². The Bertz CT molecular complexity index is 672. The summed E-state index contributed by atoms with van der Waals surface area (Å²) in [5.41, 5.74) is 1.10. The van der Waals surface area contributed by atoms with Crippen LogP contribution in [0.4, 0.5) is 4.39 Å². The number of esters is 1. The zero-order valence-electron chi connectivity index (χ0n) is 10.9. The number of nitriles is 1. The van der Waals surface area contributed by atoms with Gasteiger partial charge in [-0.2, -0.15) is 5.26 Å². The normalized spacial score (nSPS) is 9.85. The third-order valence-electron chi connectivity index (χ3n) is 2.87. The van der Waals surface area contributed by atoms with E-state index in [1.165, 1.54) is 12.1 Å². The molecule has 0 saturated heterocycles. The molecule has 0 radical (unpaired) electrons. The monoisotopic (exact) mass is 269 g/mol. The summed E-state index contributed by atoms with van der Waals surface area (Å²) in [7, 11) is 0. The summed E-state index contributed by atoms with van der Waals surface area (Å²) in [5.74, 6) is -0.988. The molecule has 0 atom stereocenters. The zero-order chi connectivity index (χ0) is 14.5. The number of carbonyl (C=O) groups excluding carboxylic acids is 1. The summed E-state index contributed by atoms with van der Waals surface area (Å²) >= 11 is 0. The molecule has 2 rings (SSSR count). The van der Waals surface area contributed by atoms with Crippen molar-refractivity contribution in [1.82, 2.24) is 0 Å². The Balaban J connectivity index is 2.15. The molecule has 0 heterocycles. The molecule has 0 amide bonds. The zero-order valence-corrected chi connectivity index (χ0v) is 10.9. The molecule has 0 aromatic heterocycles. The highest BCUT2D eigenvalue weighted by atomic mass is 19.1. The molecule has 0 aliphatic carbocycles. The molecule has 100 valence electrons. The standard InChI is InChI=1S/C16H12FNO2/c1-2-11-3-7-14(8-4-11)20-16(19)12-5-6-13(10-18)15(17)9-12/h3-9H,2H2,1H3. The van der Waals surface area contributed by atoms with Crippen LogP contribution in [-0.2, 0) is 6.42 Å². The second kappa shape index (κ2) is 5.98. The van der Waals surface area contributed by atoms with Crippen LogP contribution in [0.2, 0.25) is 0 Å². The van der Waals surface area contributed by atoms with Gasteiger partial charge in [0.05, 0.1) is 11.1 Å². The van der Waals surface area contributed by atoms with Crippen molar-refractivity contribution in [3.63, 3.8) is 0 Å². The predicted molar refractivity (Wildman–Crippen MR) is 71.9 cm³/mol. The third-order valence-corrected chi connectivity index (χ3v) is 2.87. The highest BCUT2D eigenvalue weighted by Crippen LogP contribution is 2.16. The maximum Gasteiger partial charge on any atom is 0.343 e. The van der Waals surface area contributed by atoms with Gasteiger partial charge in [0.15, 0.2) is 0 Å². The Kier molecular flexibility index (Phi) is 4.11. The first-order valence-electron chi connectivity index (χ1n) is 6.15. The number of hydrogen-bond acceptors (Lipinski definition) is 3. The lowest BCUT2D eigenvalue weighted by atomic mass is 10.1. The third kappa shape index (κ3) is 3.01. The molecule has 20 heavy (non-hydrogen) atoms. The topological polar surface area (TPSA) is 50.1 Å². The molecule has 0 unspecified atom stereocenters. The minimum absolute atomic E-state index is 0.0704. The number of halogens is 1. The molecule has 0 aliphatic heterocycles. The average molecular weight is 269 g/mol. The van der Waals surface area contributed by atoms with E-state index in [-0.39, 0.29) is 11.1 Å². The fourth-order valence-corrected chi connectivity index (χ4v) is 1.69. The van der Waals surface area contributed by atoms with Gasteiger partial charge >= 0.3 is 5.97 Å². The first-order chi connectivity index (χ1) is 9.63. The number of hydrogen-bond donors (Lipinski definition) is 0. The van der Waals surface area contributed by atoms with Crippen LogP contribution in [0.5, 0.6) is 5.75 Å². The van der Waals surface area contributed by atoms with Crippen molar-refractivity contribution in [2.24, 2.45) is 0 Å². The number of carbonyl (C=O) groups is 1. The van der Waals surface area contributed by atoms with Gasteiger partial charge in [0, 0.05) is 0 Å². The Morgan fingerprint density at radius 2 is 1.95 bits per heavy atom. The average Bonchev–Trinajstić information content (AvgIpc) is 2.48. The molecule has 0 N–H and O–H groups in total. The van der Waals surface area contributed by atoms with Crippen LogP contribution < -0.4 is 4.74 Å². The molecule has 3 nitrogen and oxygen atoms in total. The summed E-state index contributed by atoms with van der Waals surface area (Å²) in [6, 6.07) is 12.4. The van der Waals surface area contributed by atoms with Gasteiger partial charge in [0.1, 0.15) is 17.6 Å². The number of ether oxygens (including phenoxy) is 1. The van der Waals surface area contributed by atoms with Crippen LogP contribution in [0.25, 0.3) is 0 Å². The fourth-order valence-electron chi connectivity index (χ4n) is 1.69. The van der Waals surface area contributed by atoms with Crippen LogP contribution in [-0.4, -0.2) is 5.97 Å². The molecular weight excluding hydrogens is 257 g/mol. The van der Waals surface area contributed by atoms with Crippen LogP contribution in [0.15, 0.2) is 42.5 Å². The van der Waals surface area contributed by atoms with Gasteiger partial charge in [0.2, 0.25) is 0 Å². The molecule has 0 aliphatic rings. The smallest absolute Gasteiger partial charge is 0.343 e. The van der Waals surface area contributed by atoms with E-state index in [0.717, 1.165) is 18.1 Å². The van der Waals surface area contributed by atoms with Crippen molar-refractivity contribution in [2.75, 3.05) is 0 Å². The van der Waals surface area contributed by atoms with Crippen LogP contribution in [0, 0.1) is 17.1 Å². The molecule has 2 aromatic carbocycles. The lowest BCUT2D eigenvalue weighted by molar-refractivity contribution is 0.0734. The van der Waals surface area contributed by atoms with Gasteiger partial charge in [-0.15, -0.1) is 0 Å². The van der Waals surface area contributed by atoms with Crippen molar-refractivity contribution in [2.45, 2.75) is 13.3 Å². The maximum atomic E-state index is 13.4. The first-order valence-corrected chi connectivity index (χ1v) is 6.15. The highest BCUT2D eigenvalue weighted by molar-refractivity contribution is 5.91. The summed E-state index contributed by atoms with van der Waals surface area (Å²) in [5, 5.41) is 8.63. The largest absolute Gasteiger partial charge is 0.423 e. The van der Waals surface area contributed by atoms with E-state index >= 15 is 0 Å². The number of rotatable bonds is 3. The maximum absolute atomic E-state index is 13.4. The Morgan fingerprint density at radius 3 is 2.50 bits per heavy atom. The summed E-state index contributed by atoms with van der Waals surface area (Å²) in [6.45, 7) is 2.03. The van der Waals surface area contributed by atoms with Gasteiger partial charge < -0.3 is 4.74 Å². The molecular formula is C16H12FNO2. The lowest BCUT2D eigenvalue weighted by Crippen LogP contribution is -2.09. The van der Waals surface area contributed by atoms with E-state index in [4.69, 9.17) is 10.00 Å². The summed E-state index contributed by atoms with van der Waals surface area (Å²) in [4.78, 5) is 11.8. The number of aryl methyl sites for hydroxylation is 1. The Morgan fingerprint density at radius 1 is 1.25 bits per heavy atom. The van der Waals surface area contributed by atoms with Gasteiger partial charge in [-0.05, 0) is 42.3 Å². The van der Waals surface area contributed by atoms with Crippen LogP contribution >= 0.6 is 0 Å². The Labute approximate surface area is 116 Å². The van der Waals surface area contributed by atoms with Crippen molar-refractivity contribution < 1.29 is 13.9 Å². The van der Waals surface area contributed by atoms with Crippen molar-refractivity contribution in [3.05, 3.63) is 65.0 Å². The van der Waals surface area contributed by atoms with E-state index in [2.05, 4.69) is 0 Å². The fraction of sp³-hybridized carbons (Fsp3) is 0.125.